The first-order valence-electron chi connectivity index (χ1n) is 5.15. The van der Waals surface area contributed by atoms with E-state index < -0.39 is 5.97 Å². The maximum Gasteiger partial charge on any atom is 0.337 e. The fourth-order valence-electron chi connectivity index (χ4n) is 1.50. The summed E-state index contributed by atoms with van der Waals surface area (Å²) >= 11 is 5.76. The summed E-state index contributed by atoms with van der Waals surface area (Å²) in [6, 6.07) is 10.9. The van der Waals surface area contributed by atoms with E-state index in [2.05, 4.69) is 5.32 Å². The third-order valence-electron chi connectivity index (χ3n) is 2.36. The molecule has 0 aliphatic rings. The third-order valence-corrected chi connectivity index (χ3v) is 2.59. The lowest BCUT2D eigenvalue weighted by Crippen LogP contribution is -2.02. The SMILES string of the molecule is O=C(O)c1cc(Cl)ccc1Nc1ccc(O)cc1. The number of nitrogens with one attached hydrogen (secondary N) is 1. The summed E-state index contributed by atoms with van der Waals surface area (Å²) in [6.45, 7) is 0. The summed E-state index contributed by atoms with van der Waals surface area (Å²) in [5.74, 6) is -0.908. The summed E-state index contributed by atoms with van der Waals surface area (Å²) < 4.78 is 0. The van der Waals surface area contributed by atoms with Crippen LogP contribution in [0.4, 0.5) is 11.4 Å². The van der Waals surface area contributed by atoms with E-state index in [-0.39, 0.29) is 11.3 Å². The number of carboxylic acid groups (broad SMARTS) is 1. The van der Waals surface area contributed by atoms with Crippen LogP contribution in [0.5, 0.6) is 5.75 Å². The van der Waals surface area contributed by atoms with Crippen molar-refractivity contribution in [1.82, 2.24) is 0 Å². The van der Waals surface area contributed by atoms with E-state index in [1.165, 1.54) is 18.2 Å². The standard InChI is InChI=1S/C13H10ClNO3/c14-8-1-6-12(11(7-8)13(17)18)15-9-2-4-10(16)5-3-9/h1-7,15-16H,(H,17,18). The van der Waals surface area contributed by atoms with Crippen LogP contribution in [0.3, 0.4) is 0 Å². The Bertz CT molecular complexity index is 581. The van der Waals surface area contributed by atoms with E-state index in [1.807, 2.05) is 0 Å². The Balaban J connectivity index is 2.34. The van der Waals surface area contributed by atoms with Crippen LogP contribution in [0, 0.1) is 0 Å². The van der Waals surface area contributed by atoms with Gasteiger partial charge in [0.1, 0.15) is 5.75 Å². The second kappa shape index (κ2) is 4.98. The number of phenolic OH excluding ortho intramolecular Hbond substituents is 1. The highest BCUT2D eigenvalue weighted by Gasteiger charge is 2.10. The zero-order chi connectivity index (χ0) is 13.1. The van der Waals surface area contributed by atoms with Crippen LogP contribution in [0.15, 0.2) is 42.5 Å². The first kappa shape index (κ1) is 12.3. The maximum absolute atomic E-state index is 11.1. The molecule has 3 N–H and O–H groups in total. The zero-order valence-corrected chi connectivity index (χ0v) is 9.98. The highest BCUT2D eigenvalue weighted by Crippen LogP contribution is 2.25. The smallest absolute Gasteiger partial charge is 0.337 e. The van der Waals surface area contributed by atoms with Crippen LogP contribution in [0.1, 0.15) is 10.4 Å². The predicted octanol–water partition coefficient (Wildman–Crippen LogP) is 3.49. The Morgan fingerprint density at radius 2 is 1.78 bits per heavy atom. The molecule has 2 aromatic rings. The highest BCUT2D eigenvalue weighted by molar-refractivity contribution is 6.31. The minimum Gasteiger partial charge on any atom is -0.508 e. The molecule has 92 valence electrons. The van der Waals surface area contributed by atoms with Crippen LogP contribution in [0.25, 0.3) is 0 Å². The second-order valence-electron chi connectivity index (χ2n) is 3.67. The zero-order valence-electron chi connectivity index (χ0n) is 9.22. The molecule has 0 amide bonds. The summed E-state index contributed by atoms with van der Waals surface area (Å²) in [5, 5.41) is 21.6. The van der Waals surface area contributed by atoms with E-state index in [0.717, 1.165) is 0 Å². The molecule has 0 atom stereocenters. The predicted molar refractivity (Wildman–Crippen MR) is 69.8 cm³/mol. The molecular weight excluding hydrogens is 254 g/mol. The number of benzene rings is 2. The van der Waals surface area contributed by atoms with Gasteiger partial charge in [0.15, 0.2) is 0 Å². The minimum atomic E-state index is -1.06. The molecule has 2 aromatic carbocycles. The van der Waals surface area contributed by atoms with E-state index in [4.69, 9.17) is 21.8 Å². The molecule has 0 fully saturated rings. The molecule has 0 saturated carbocycles. The van der Waals surface area contributed by atoms with Gasteiger partial charge in [-0.2, -0.15) is 0 Å². The quantitative estimate of drug-likeness (QED) is 0.742. The largest absolute Gasteiger partial charge is 0.508 e. The number of rotatable bonds is 3. The number of aromatic carboxylic acids is 1. The lowest BCUT2D eigenvalue weighted by atomic mass is 10.1. The molecule has 0 saturated heterocycles. The normalized spacial score (nSPS) is 10.1. The molecule has 0 bridgehead atoms. The Kier molecular flexibility index (Phi) is 3.39. The molecule has 0 aliphatic carbocycles. The van der Waals surface area contributed by atoms with Crippen LogP contribution >= 0.6 is 11.6 Å². The van der Waals surface area contributed by atoms with Gasteiger partial charge >= 0.3 is 5.97 Å². The molecule has 0 aliphatic heterocycles. The number of halogens is 1. The molecule has 0 aromatic heterocycles. The monoisotopic (exact) mass is 263 g/mol. The molecule has 0 radical (unpaired) electrons. The highest BCUT2D eigenvalue weighted by atomic mass is 35.5. The van der Waals surface area contributed by atoms with Crippen LogP contribution in [-0.2, 0) is 0 Å². The third kappa shape index (κ3) is 2.73. The van der Waals surface area contributed by atoms with Crippen molar-refractivity contribution in [3.05, 3.63) is 53.1 Å². The van der Waals surface area contributed by atoms with Gasteiger partial charge in [-0.1, -0.05) is 11.6 Å². The molecule has 18 heavy (non-hydrogen) atoms. The number of anilines is 2. The molecular formula is C13H10ClNO3. The Morgan fingerprint density at radius 3 is 2.39 bits per heavy atom. The Morgan fingerprint density at radius 1 is 1.11 bits per heavy atom. The fourth-order valence-corrected chi connectivity index (χ4v) is 1.67. The van der Waals surface area contributed by atoms with E-state index in [1.54, 1.807) is 24.3 Å². The van der Waals surface area contributed by atoms with Crippen molar-refractivity contribution in [3.63, 3.8) is 0 Å². The van der Waals surface area contributed by atoms with Crippen molar-refractivity contribution in [2.75, 3.05) is 5.32 Å². The van der Waals surface area contributed by atoms with E-state index in [0.29, 0.717) is 16.4 Å². The summed E-state index contributed by atoms with van der Waals surface area (Å²) in [5.41, 5.74) is 1.21. The lowest BCUT2D eigenvalue weighted by Gasteiger charge is -2.10. The van der Waals surface area contributed by atoms with E-state index >= 15 is 0 Å². The van der Waals surface area contributed by atoms with Gasteiger partial charge in [0, 0.05) is 10.7 Å². The van der Waals surface area contributed by atoms with Crippen LogP contribution in [-0.4, -0.2) is 16.2 Å². The van der Waals surface area contributed by atoms with Crippen molar-refractivity contribution in [1.29, 1.82) is 0 Å². The van der Waals surface area contributed by atoms with Gasteiger partial charge in [0.2, 0.25) is 0 Å². The Labute approximate surface area is 108 Å². The number of carboxylic acids is 1. The van der Waals surface area contributed by atoms with Gasteiger partial charge in [-0.25, -0.2) is 4.79 Å². The van der Waals surface area contributed by atoms with Crippen molar-refractivity contribution in [3.8, 4) is 5.75 Å². The number of hydrogen-bond acceptors (Lipinski definition) is 3. The average molecular weight is 264 g/mol. The van der Waals surface area contributed by atoms with Gasteiger partial charge < -0.3 is 15.5 Å². The average Bonchev–Trinajstić information content (AvgIpc) is 2.34. The topological polar surface area (TPSA) is 69.6 Å². The maximum atomic E-state index is 11.1. The summed E-state index contributed by atoms with van der Waals surface area (Å²) in [4.78, 5) is 11.1. The second-order valence-corrected chi connectivity index (χ2v) is 4.10. The number of carbonyl (C=O) groups is 1. The van der Waals surface area contributed by atoms with Crippen molar-refractivity contribution >= 4 is 28.9 Å². The molecule has 0 heterocycles. The number of hydrogen-bond donors (Lipinski definition) is 3. The summed E-state index contributed by atoms with van der Waals surface area (Å²) in [6.07, 6.45) is 0. The first-order valence-corrected chi connectivity index (χ1v) is 5.53. The van der Waals surface area contributed by atoms with Gasteiger partial charge in [-0.05, 0) is 42.5 Å². The van der Waals surface area contributed by atoms with Gasteiger partial charge in [0.25, 0.3) is 0 Å². The van der Waals surface area contributed by atoms with Crippen molar-refractivity contribution in [2.45, 2.75) is 0 Å². The van der Waals surface area contributed by atoms with Gasteiger partial charge in [-0.3, -0.25) is 0 Å². The van der Waals surface area contributed by atoms with Crippen molar-refractivity contribution in [2.24, 2.45) is 0 Å². The molecule has 0 unspecified atom stereocenters. The summed E-state index contributed by atoms with van der Waals surface area (Å²) in [7, 11) is 0. The molecule has 0 spiro atoms. The van der Waals surface area contributed by atoms with Gasteiger partial charge in [0.05, 0.1) is 11.3 Å². The number of phenols is 1. The van der Waals surface area contributed by atoms with E-state index in [9.17, 15) is 4.79 Å². The fraction of sp³-hybridized carbons (Fsp3) is 0. The molecule has 2 rings (SSSR count). The molecule has 4 nitrogen and oxygen atoms in total. The Hall–Kier alpha value is -2.20. The van der Waals surface area contributed by atoms with Crippen LogP contribution < -0.4 is 5.32 Å². The molecule has 5 heteroatoms. The van der Waals surface area contributed by atoms with Gasteiger partial charge in [-0.15, -0.1) is 0 Å². The van der Waals surface area contributed by atoms with Crippen LogP contribution in [0.2, 0.25) is 5.02 Å². The number of aromatic hydroxyl groups is 1. The first-order chi connectivity index (χ1) is 8.56. The van der Waals surface area contributed by atoms with Crippen molar-refractivity contribution < 1.29 is 15.0 Å². The minimum absolute atomic E-state index is 0.0931. The lowest BCUT2D eigenvalue weighted by molar-refractivity contribution is 0.0698.